The van der Waals surface area contributed by atoms with Gasteiger partial charge in [-0.3, -0.25) is 9.36 Å². The van der Waals surface area contributed by atoms with Crippen molar-refractivity contribution < 1.29 is 0 Å². The lowest BCUT2D eigenvalue weighted by Crippen LogP contribution is -2.29. The summed E-state index contributed by atoms with van der Waals surface area (Å²) in [5.74, 6) is 0.774. The average Bonchev–Trinajstić information content (AvgIpc) is 2.28. The molecule has 4 heteroatoms. The summed E-state index contributed by atoms with van der Waals surface area (Å²) in [4.78, 5) is 18.8. The number of likely N-dealkylation sites (N-methyl/N-ethyl adjacent to an activating group) is 1. The van der Waals surface area contributed by atoms with E-state index < -0.39 is 0 Å². The minimum Gasteiger partial charge on any atom is -0.308 e. The lowest BCUT2D eigenvalue weighted by atomic mass is 10.2. The molecule has 0 spiro atoms. The molecular formula is C13H17N3O. The van der Waals surface area contributed by atoms with Crippen LogP contribution in [0.1, 0.15) is 5.82 Å². The van der Waals surface area contributed by atoms with Gasteiger partial charge in [0.15, 0.2) is 0 Å². The minimum absolute atomic E-state index is 0.0509. The maximum Gasteiger partial charge on any atom is 0.261 e. The molecule has 0 atom stereocenters. The van der Waals surface area contributed by atoms with Crippen molar-refractivity contribution in [2.45, 2.75) is 13.5 Å². The van der Waals surface area contributed by atoms with Crippen molar-refractivity contribution in [3.63, 3.8) is 0 Å². The number of hydrogen-bond acceptors (Lipinski definition) is 3. The van der Waals surface area contributed by atoms with Crippen LogP contribution in [-0.4, -0.2) is 35.1 Å². The van der Waals surface area contributed by atoms with E-state index in [0.717, 1.165) is 17.9 Å². The van der Waals surface area contributed by atoms with Crippen LogP contribution in [0.15, 0.2) is 29.1 Å². The molecule has 0 unspecified atom stereocenters. The van der Waals surface area contributed by atoms with E-state index >= 15 is 0 Å². The Morgan fingerprint density at radius 3 is 2.71 bits per heavy atom. The van der Waals surface area contributed by atoms with Crippen molar-refractivity contribution in [1.82, 2.24) is 14.5 Å². The molecule has 0 saturated carbocycles. The van der Waals surface area contributed by atoms with Crippen LogP contribution in [0.5, 0.6) is 0 Å². The van der Waals surface area contributed by atoms with Gasteiger partial charge in [-0.2, -0.15) is 0 Å². The smallest absolute Gasteiger partial charge is 0.261 e. The number of para-hydroxylation sites is 1. The summed E-state index contributed by atoms with van der Waals surface area (Å²) in [5.41, 5.74) is 0.825. The second-order valence-corrected chi connectivity index (χ2v) is 4.44. The molecule has 0 fully saturated rings. The number of nitrogens with zero attached hydrogens (tertiary/aromatic N) is 3. The molecule has 90 valence electrons. The van der Waals surface area contributed by atoms with E-state index in [1.54, 1.807) is 4.57 Å². The van der Waals surface area contributed by atoms with Crippen LogP contribution in [0.2, 0.25) is 0 Å². The van der Waals surface area contributed by atoms with Gasteiger partial charge in [-0.25, -0.2) is 4.98 Å². The Morgan fingerprint density at radius 2 is 2.00 bits per heavy atom. The van der Waals surface area contributed by atoms with Gasteiger partial charge in [0.05, 0.1) is 10.9 Å². The lowest BCUT2D eigenvalue weighted by molar-refractivity contribution is 0.378. The fourth-order valence-electron chi connectivity index (χ4n) is 1.84. The summed E-state index contributed by atoms with van der Waals surface area (Å²) in [6, 6.07) is 7.48. The first-order valence-corrected chi connectivity index (χ1v) is 5.70. The third-order valence-electron chi connectivity index (χ3n) is 2.82. The molecule has 0 saturated heterocycles. The molecule has 4 nitrogen and oxygen atoms in total. The lowest BCUT2D eigenvalue weighted by Gasteiger charge is -2.13. The Balaban J connectivity index is 2.52. The summed E-state index contributed by atoms with van der Waals surface area (Å²) in [6.07, 6.45) is 0. The Labute approximate surface area is 101 Å². The first-order chi connectivity index (χ1) is 8.09. The quantitative estimate of drug-likeness (QED) is 0.798. The molecule has 1 aromatic carbocycles. The number of rotatable bonds is 3. The number of benzene rings is 1. The van der Waals surface area contributed by atoms with E-state index in [9.17, 15) is 4.79 Å². The van der Waals surface area contributed by atoms with Gasteiger partial charge in [0, 0.05) is 13.1 Å². The molecule has 0 amide bonds. The van der Waals surface area contributed by atoms with E-state index in [-0.39, 0.29) is 5.56 Å². The number of fused-ring (bicyclic) bond motifs is 1. The molecule has 0 aliphatic carbocycles. The van der Waals surface area contributed by atoms with Crippen LogP contribution >= 0.6 is 0 Å². The molecule has 0 bridgehead atoms. The highest BCUT2D eigenvalue weighted by Crippen LogP contribution is 2.07. The molecule has 2 aromatic rings. The molecule has 0 aliphatic heterocycles. The molecule has 1 heterocycles. The van der Waals surface area contributed by atoms with Crippen LogP contribution in [0.4, 0.5) is 0 Å². The van der Waals surface area contributed by atoms with Gasteiger partial charge in [0.2, 0.25) is 0 Å². The van der Waals surface area contributed by atoms with Crippen molar-refractivity contribution in [3.05, 3.63) is 40.4 Å². The van der Waals surface area contributed by atoms with E-state index in [1.165, 1.54) is 0 Å². The molecule has 0 N–H and O–H groups in total. The summed E-state index contributed by atoms with van der Waals surface area (Å²) in [6.45, 7) is 3.39. The summed E-state index contributed by atoms with van der Waals surface area (Å²) < 4.78 is 1.74. The third kappa shape index (κ3) is 2.36. The van der Waals surface area contributed by atoms with E-state index in [4.69, 9.17) is 0 Å². The van der Waals surface area contributed by atoms with Crippen LogP contribution in [0.3, 0.4) is 0 Å². The summed E-state index contributed by atoms with van der Waals surface area (Å²) >= 11 is 0. The summed E-state index contributed by atoms with van der Waals surface area (Å²) in [7, 11) is 3.99. The molecular weight excluding hydrogens is 214 g/mol. The highest BCUT2D eigenvalue weighted by Gasteiger charge is 2.07. The molecule has 0 aliphatic rings. The highest BCUT2D eigenvalue weighted by atomic mass is 16.1. The van der Waals surface area contributed by atoms with Gasteiger partial charge in [-0.1, -0.05) is 12.1 Å². The van der Waals surface area contributed by atoms with Crippen LogP contribution in [0, 0.1) is 6.92 Å². The summed E-state index contributed by atoms with van der Waals surface area (Å²) in [5, 5.41) is 0.692. The van der Waals surface area contributed by atoms with Crippen molar-refractivity contribution in [3.8, 4) is 0 Å². The first-order valence-electron chi connectivity index (χ1n) is 5.70. The van der Waals surface area contributed by atoms with Crippen molar-refractivity contribution in [2.75, 3.05) is 20.6 Å². The van der Waals surface area contributed by atoms with Gasteiger partial charge in [0.1, 0.15) is 5.82 Å². The van der Waals surface area contributed by atoms with E-state index in [1.807, 2.05) is 45.3 Å². The zero-order chi connectivity index (χ0) is 12.4. The van der Waals surface area contributed by atoms with Crippen LogP contribution in [0.25, 0.3) is 10.9 Å². The van der Waals surface area contributed by atoms with Crippen molar-refractivity contribution in [1.29, 1.82) is 0 Å². The zero-order valence-corrected chi connectivity index (χ0v) is 10.5. The SMILES string of the molecule is Cc1nc2ccccc2c(=O)n1CCN(C)C. The minimum atomic E-state index is 0.0509. The first kappa shape index (κ1) is 11.8. The van der Waals surface area contributed by atoms with Crippen LogP contribution < -0.4 is 5.56 Å². The largest absolute Gasteiger partial charge is 0.308 e. The van der Waals surface area contributed by atoms with Gasteiger partial charge >= 0.3 is 0 Å². The second-order valence-electron chi connectivity index (χ2n) is 4.44. The predicted molar refractivity (Wildman–Crippen MR) is 69.3 cm³/mol. The normalized spacial score (nSPS) is 11.3. The fourth-order valence-corrected chi connectivity index (χ4v) is 1.84. The molecule has 17 heavy (non-hydrogen) atoms. The van der Waals surface area contributed by atoms with Gasteiger partial charge in [0.25, 0.3) is 5.56 Å². The highest BCUT2D eigenvalue weighted by molar-refractivity contribution is 5.77. The Morgan fingerprint density at radius 1 is 1.29 bits per heavy atom. The predicted octanol–water partition coefficient (Wildman–Crippen LogP) is 1.27. The molecule has 2 rings (SSSR count). The topological polar surface area (TPSA) is 38.1 Å². The Hall–Kier alpha value is -1.68. The third-order valence-corrected chi connectivity index (χ3v) is 2.82. The molecule has 0 radical (unpaired) electrons. The number of aromatic nitrogens is 2. The van der Waals surface area contributed by atoms with Crippen molar-refractivity contribution >= 4 is 10.9 Å². The van der Waals surface area contributed by atoms with Gasteiger partial charge in [-0.15, -0.1) is 0 Å². The Kier molecular flexibility index (Phi) is 3.24. The van der Waals surface area contributed by atoms with Crippen molar-refractivity contribution in [2.24, 2.45) is 0 Å². The Bertz CT molecular complexity index is 587. The van der Waals surface area contributed by atoms with Crippen LogP contribution in [-0.2, 0) is 6.54 Å². The standard InChI is InChI=1S/C13H17N3O/c1-10-14-12-7-5-4-6-11(12)13(17)16(10)9-8-15(2)3/h4-7H,8-9H2,1-3H3. The maximum absolute atomic E-state index is 12.3. The van der Waals surface area contributed by atoms with E-state index in [0.29, 0.717) is 11.9 Å². The number of hydrogen-bond donors (Lipinski definition) is 0. The average molecular weight is 231 g/mol. The second kappa shape index (κ2) is 4.67. The monoisotopic (exact) mass is 231 g/mol. The van der Waals surface area contributed by atoms with E-state index in [2.05, 4.69) is 9.88 Å². The number of aryl methyl sites for hydroxylation is 1. The van der Waals surface area contributed by atoms with Gasteiger partial charge in [-0.05, 0) is 33.2 Å². The van der Waals surface area contributed by atoms with Gasteiger partial charge < -0.3 is 4.90 Å². The zero-order valence-electron chi connectivity index (χ0n) is 10.5. The fraction of sp³-hybridized carbons (Fsp3) is 0.385. The molecule has 1 aromatic heterocycles. The maximum atomic E-state index is 12.3.